The minimum Gasteiger partial charge on any atom is -0.218 e. The Morgan fingerprint density at radius 1 is 0.684 bits per heavy atom. The van der Waals surface area contributed by atoms with Gasteiger partial charge >= 0.3 is 0 Å². The zero-order valence-electron chi connectivity index (χ0n) is 11.3. The van der Waals surface area contributed by atoms with Crippen molar-refractivity contribution in [3.8, 4) is 0 Å². The highest BCUT2D eigenvalue weighted by molar-refractivity contribution is 5.43. The number of aliphatic imine (C=N–C) groups is 2. The normalized spacial score (nSPS) is 13.2. The second-order valence-electron chi connectivity index (χ2n) is 4.53. The van der Waals surface area contributed by atoms with Gasteiger partial charge in [0.15, 0.2) is 0 Å². The fourth-order valence-corrected chi connectivity index (χ4v) is 1.82. The van der Waals surface area contributed by atoms with Crippen molar-refractivity contribution in [2.75, 3.05) is 0 Å². The lowest BCUT2D eigenvalue weighted by Crippen LogP contribution is -1.90. The summed E-state index contributed by atoms with van der Waals surface area (Å²) in [4.78, 5) is 8.69. The minimum atomic E-state index is 0.0907. The maximum atomic E-state index is 4.34. The van der Waals surface area contributed by atoms with Gasteiger partial charge in [0.2, 0.25) is 0 Å². The second-order valence-corrected chi connectivity index (χ2v) is 4.53. The van der Waals surface area contributed by atoms with E-state index in [0.29, 0.717) is 0 Å². The first-order valence-electron chi connectivity index (χ1n) is 6.52. The third kappa shape index (κ3) is 3.90. The predicted molar refractivity (Wildman–Crippen MR) is 79.6 cm³/mol. The number of rotatable bonds is 4. The molecule has 0 aliphatic heterocycles. The Kier molecular flexibility index (Phi) is 4.66. The molecule has 0 amide bonds. The fraction of sp³-hybridized carbons (Fsp3) is 0.235. The van der Waals surface area contributed by atoms with Gasteiger partial charge in [-0.15, -0.1) is 0 Å². The van der Waals surface area contributed by atoms with Crippen LogP contribution >= 0.6 is 0 Å². The fourth-order valence-electron chi connectivity index (χ4n) is 1.82. The zero-order valence-corrected chi connectivity index (χ0v) is 11.3. The summed E-state index contributed by atoms with van der Waals surface area (Å²) in [6.07, 6.45) is 0. The standard InChI is InChI=1S/C17H18N2/c1-14(16-9-5-3-6-10-16)18-13-19-15(2)17-11-7-4-8-12-17/h3-12,14-15H,1-2H3. The Morgan fingerprint density at radius 2 is 1.05 bits per heavy atom. The van der Waals surface area contributed by atoms with Crippen LogP contribution in [0.5, 0.6) is 0 Å². The summed E-state index contributed by atoms with van der Waals surface area (Å²) in [5, 5.41) is 0. The van der Waals surface area contributed by atoms with Gasteiger partial charge in [0.25, 0.3) is 0 Å². The summed E-state index contributed by atoms with van der Waals surface area (Å²) < 4.78 is 0. The van der Waals surface area contributed by atoms with E-state index in [0.717, 1.165) is 0 Å². The molecule has 2 aromatic carbocycles. The SMILES string of the molecule is CC(N=C=NC(C)c1ccccc1)c1ccccc1. The lowest BCUT2D eigenvalue weighted by atomic mass is 10.1. The molecular weight excluding hydrogens is 232 g/mol. The lowest BCUT2D eigenvalue weighted by molar-refractivity contribution is 0.802. The molecule has 2 unspecified atom stereocenters. The molecule has 2 aromatic rings. The van der Waals surface area contributed by atoms with Gasteiger partial charge in [-0.1, -0.05) is 60.7 Å². The van der Waals surface area contributed by atoms with Gasteiger partial charge < -0.3 is 0 Å². The molecule has 2 heteroatoms. The van der Waals surface area contributed by atoms with Gasteiger partial charge in [-0.3, -0.25) is 0 Å². The van der Waals surface area contributed by atoms with E-state index in [4.69, 9.17) is 0 Å². The molecule has 2 nitrogen and oxygen atoms in total. The molecule has 2 rings (SSSR count). The molecule has 19 heavy (non-hydrogen) atoms. The van der Waals surface area contributed by atoms with Crippen LogP contribution in [0.1, 0.15) is 37.1 Å². The van der Waals surface area contributed by atoms with E-state index in [2.05, 4.69) is 40.3 Å². The van der Waals surface area contributed by atoms with Crippen LogP contribution in [0.4, 0.5) is 0 Å². The van der Waals surface area contributed by atoms with Crippen LogP contribution < -0.4 is 0 Å². The molecule has 0 spiro atoms. The highest BCUT2D eigenvalue weighted by Gasteiger charge is 2.02. The number of hydrogen-bond acceptors (Lipinski definition) is 2. The molecule has 0 saturated heterocycles. The molecule has 0 aromatic heterocycles. The maximum Gasteiger partial charge on any atom is 0.0905 e. The predicted octanol–water partition coefficient (Wildman–Crippen LogP) is 4.68. The van der Waals surface area contributed by atoms with Crippen molar-refractivity contribution in [1.29, 1.82) is 0 Å². The van der Waals surface area contributed by atoms with Crippen molar-refractivity contribution in [1.82, 2.24) is 0 Å². The van der Waals surface area contributed by atoms with E-state index < -0.39 is 0 Å². The lowest BCUT2D eigenvalue weighted by Gasteiger charge is -2.04. The smallest absolute Gasteiger partial charge is 0.0905 e. The van der Waals surface area contributed by atoms with Gasteiger partial charge in [-0.25, -0.2) is 9.98 Å². The molecule has 0 radical (unpaired) electrons. The van der Waals surface area contributed by atoms with Crippen LogP contribution in [0.2, 0.25) is 0 Å². The second kappa shape index (κ2) is 6.67. The first-order chi connectivity index (χ1) is 9.27. The van der Waals surface area contributed by atoms with E-state index >= 15 is 0 Å². The van der Waals surface area contributed by atoms with Gasteiger partial charge in [-0.05, 0) is 25.0 Å². The van der Waals surface area contributed by atoms with Crippen molar-refractivity contribution in [3.05, 3.63) is 71.8 Å². The van der Waals surface area contributed by atoms with Crippen LogP contribution in [-0.2, 0) is 0 Å². The minimum absolute atomic E-state index is 0.0907. The van der Waals surface area contributed by atoms with Crippen LogP contribution in [0.3, 0.4) is 0 Å². The molecule has 0 aliphatic carbocycles. The molecule has 0 saturated carbocycles. The first kappa shape index (κ1) is 13.3. The summed E-state index contributed by atoms with van der Waals surface area (Å²) in [7, 11) is 0. The molecule has 0 aliphatic rings. The van der Waals surface area contributed by atoms with Gasteiger partial charge in [-0.2, -0.15) is 0 Å². The van der Waals surface area contributed by atoms with Crippen molar-refractivity contribution < 1.29 is 0 Å². The maximum absolute atomic E-state index is 4.34. The topological polar surface area (TPSA) is 24.7 Å². The third-order valence-electron chi connectivity index (χ3n) is 3.07. The van der Waals surface area contributed by atoms with E-state index in [9.17, 15) is 0 Å². The van der Waals surface area contributed by atoms with E-state index in [1.54, 1.807) is 0 Å². The Morgan fingerprint density at radius 3 is 1.42 bits per heavy atom. The zero-order chi connectivity index (χ0) is 13.5. The highest BCUT2D eigenvalue weighted by atomic mass is 14.9. The van der Waals surface area contributed by atoms with Crippen LogP contribution in [0.25, 0.3) is 0 Å². The largest absolute Gasteiger partial charge is 0.218 e. The molecule has 2 atom stereocenters. The Balaban J connectivity index is 2.04. The molecule has 0 N–H and O–H groups in total. The molecule has 0 heterocycles. The first-order valence-corrected chi connectivity index (χ1v) is 6.52. The van der Waals surface area contributed by atoms with Gasteiger partial charge in [0, 0.05) is 0 Å². The van der Waals surface area contributed by atoms with Crippen molar-refractivity contribution >= 4 is 6.01 Å². The summed E-state index contributed by atoms with van der Waals surface area (Å²) in [5.41, 5.74) is 2.36. The van der Waals surface area contributed by atoms with Crippen molar-refractivity contribution in [2.45, 2.75) is 25.9 Å². The Bertz CT molecular complexity index is 505. The summed E-state index contributed by atoms with van der Waals surface area (Å²) in [6.45, 7) is 4.09. The van der Waals surface area contributed by atoms with Crippen LogP contribution in [-0.4, -0.2) is 6.01 Å². The summed E-state index contributed by atoms with van der Waals surface area (Å²) >= 11 is 0. The number of nitrogens with zero attached hydrogens (tertiary/aromatic N) is 2. The van der Waals surface area contributed by atoms with E-state index in [1.807, 2.05) is 50.2 Å². The van der Waals surface area contributed by atoms with Crippen LogP contribution in [0.15, 0.2) is 70.6 Å². The average Bonchev–Trinajstić information content (AvgIpc) is 2.49. The van der Waals surface area contributed by atoms with Gasteiger partial charge in [0.05, 0.1) is 18.1 Å². The van der Waals surface area contributed by atoms with E-state index in [1.165, 1.54) is 11.1 Å². The van der Waals surface area contributed by atoms with E-state index in [-0.39, 0.29) is 12.1 Å². The monoisotopic (exact) mass is 250 g/mol. The average molecular weight is 250 g/mol. The summed E-state index contributed by atoms with van der Waals surface area (Å²) in [6, 6.07) is 23.4. The van der Waals surface area contributed by atoms with Gasteiger partial charge in [0.1, 0.15) is 0 Å². The molecule has 0 fully saturated rings. The number of hydrogen-bond donors (Lipinski definition) is 0. The van der Waals surface area contributed by atoms with Crippen molar-refractivity contribution in [3.63, 3.8) is 0 Å². The van der Waals surface area contributed by atoms with Crippen LogP contribution in [0, 0.1) is 0 Å². The summed E-state index contributed by atoms with van der Waals surface area (Å²) in [5.74, 6) is 0. The molecule has 0 bridgehead atoms. The number of benzene rings is 2. The molecular formula is C17H18N2. The quantitative estimate of drug-likeness (QED) is 0.704. The van der Waals surface area contributed by atoms with Crippen molar-refractivity contribution in [2.24, 2.45) is 9.98 Å². The Hall–Kier alpha value is -2.18. The third-order valence-corrected chi connectivity index (χ3v) is 3.07. The Labute approximate surface area is 114 Å². The molecule has 96 valence electrons. The highest BCUT2D eigenvalue weighted by Crippen LogP contribution is 2.16.